The molecule has 1 aromatic rings. The van der Waals surface area contributed by atoms with Crippen LogP contribution in [0.2, 0.25) is 0 Å². The summed E-state index contributed by atoms with van der Waals surface area (Å²) in [6, 6.07) is 6.66. The number of esters is 1. The van der Waals surface area contributed by atoms with Crippen LogP contribution in [0.1, 0.15) is 19.4 Å². The van der Waals surface area contributed by atoms with Crippen molar-refractivity contribution in [3.63, 3.8) is 0 Å². The largest absolute Gasteiger partial charge is 0.496 e. The van der Waals surface area contributed by atoms with Gasteiger partial charge < -0.3 is 14.8 Å². The molecule has 0 spiro atoms. The molecule has 0 heterocycles. The van der Waals surface area contributed by atoms with E-state index in [0.29, 0.717) is 12.2 Å². The number of para-hydroxylation sites is 1. The summed E-state index contributed by atoms with van der Waals surface area (Å²) in [6.07, 6.45) is 0.329. The van der Waals surface area contributed by atoms with Crippen molar-refractivity contribution < 1.29 is 19.1 Å². The lowest BCUT2D eigenvalue weighted by Gasteiger charge is -2.19. The van der Waals surface area contributed by atoms with Crippen LogP contribution in [0.25, 0.3) is 0 Å². The molecule has 5 heteroatoms. The van der Waals surface area contributed by atoms with E-state index in [1.807, 2.05) is 24.3 Å². The molecule has 0 bridgehead atoms. The molecule has 1 aromatic carbocycles. The molecule has 0 saturated heterocycles. The fourth-order valence-corrected chi connectivity index (χ4v) is 1.77. The second kappa shape index (κ2) is 7.53. The van der Waals surface area contributed by atoms with Gasteiger partial charge in [0.1, 0.15) is 11.8 Å². The third-order valence-corrected chi connectivity index (χ3v) is 2.94. The lowest BCUT2D eigenvalue weighted by Crippen LogP contribution is -2.44. The molecule has 1 N–H and O–H groups in total. The highest BCUT2D eigenvalue weighted by atomic mass is 16.5. The summed E-state index contributed by atoms with van der Waals surface area (Å²) in [5.74, 6) is -0.166. The standard InChI is InChI=1S/C15H21NO4/c1-10(2)14(17)16-12(15(18)20-4)9-11-7-5-6-8-13(11)19-3/h5-8,10,12H,9H2,1-4H3,(H,16,17)/t12-/m1/s1. The van der Waals surface area contributed by atoms with Gasteiger partial charge in [0.15, 0.2) is 0 Å². The molecule has 0 unspecified atom stereocenters. The van der Waals surface area contributed by atoms with Crippen LogP contribution >= 0.6 is 0 Å². The van der Waals surface area contributed by atoms with Gasteiger partial charge in [0, 0.05) is 12.3 Å². The number of methoxy groups -OCH3 is 2. The fourth-order valence-electron chi connectivity index (χ4n) is 1.77. The maximum atomic E-state index is 11.8. The summed E-state index contributed by atoms with van der Waals surface area (Å²) in [7, 11) is 2.87. The van der Waals surface area contributed by atoms with E-state index in [-0.39, 0.29) is 11.8 Å². The highest BCUT2D eigenvalue weighted by Crippen LogP contribution is 2.19. The minimum Gasteiger partial charge on any atom is -0.496 e. The third-order valence-electron chi connectivity index (χ3n) is 2.94. The zero-order valence-electron chi connectivity index (χ0n) is 12.3. The minimum atomic E-state index is -0.716. The van der Waals surface area contributed by atoms with Crippen molar-refractivity contribution in [2.75, 3.05) is 14.2 Å². The summed E-state index contributed by atoms with van der Waals surface area (Å²) in [5, 5.41) is 2.70. The van der Waals surface area contributed by atoms with Gasteiger partial charge in [0.25, 0.3) is 0 Å². The Morgan fingerprint density at radius 3 is 2.40 bits per heavy atom. The Morgan fingerprint density at radius 1 is 1.20 bits per heavy atom. The van der Waals surface area contributed by atoms with Gasteiger partial charge in [-0.15, -0.1) is 0 Å². The predicted molar refractivity (Wildman–Crippen MR) is 75.5 cm³/mol. The molecular formula is C15H21NO4. The van der Waals surface area contributed by atoms with Crippen molar-refractivity contribution in [1.82, 2.24) is 5.32 Å². The average molecular weight is 279 g/mol. The number of rotatable bonds is 6. The molecule has 0 aliphatic rings. The molecule has 0 saturated carbocycles. The second-order valence-electron chi connectivity index (χ2n) is 4.76. The van der Waals surface area contributed by atoms with E-state index in [1.54, 1.807) is 21.0 Å². The maximum absolute atomic E-state index is 11.8. The number of carbonyl (C=O) groups excluding carboxylic acids is 2. The topological polar surface area (TPSA) is 64.6 Å². The Kier molecular flexibility index (Phi) is 6.03. The van der Waals surface area contributed by atoms with Gasteiger partial charge in [0.05, 0.1) is 14.2 Å². The quantitative estimate of drug-likeness (QED) is 0.802. The van der Waals surface area contributed by atoms with Crippen LogP contribution in [-0.4, -0.2) is 32.1 Å². The van der Waals surface area contributed by atoms with Crippen molar-refractivity contribution in [1.29, 1.82) is 0 Å². The summed E-state index contributed by atoms with van der Waals surface area (Å²) in [5.41, 5.74) is 0.842. The molecule has 0 aromatic heterocycles. The van der Waals surface area contributed by atoms with Crippen molar-refractivity contribution in [2.24, 2.45) is 5.92 Å². The van der Waals surface area contributed by atoms with Crippen LogP contribution in [-0.2, 0) is 20.7 Å². The average Bonchev–Trinajstić information content (AvgIpc) is 2.45. The fraction of sp³-hybridized carbons (Fsp3) is 0.467. The van der Waals surface area contributed by atoms with Gasteiger partial charge in [-0.1, -0.05) is 32.0 Å². The number of benzene rings is 1. The predicted octanol–water partition coefficient (Wildman–Crippen LogP) is 1.55. The van der Waals surface area contributed by atoms with Crippen LogP contribution in [0.15, 0.2) is 24.3 Å². The van der Waals surface area contributed by atoms with Gasteiger partial charge >= 0.3 is 5.97 Å². The van der Waals surface area contributed by atoms with E-state index in [1.165, 1.54) is 7.11 Å². The Morgan fingerprint density at radius 2 is 1.85 bits per heavy atom. The summed E-state index contributed by atoms with van der Waals surface area (Å²) >= 11 is 0. The number of hydrogen-bond acceptors (Lipinski definition) is 4. The minimum absolute atomic E-state index is 0.185. The third kappa shape index (κ3) is 4.26. The van der Waals surface area contributed by atoms with Crippen molar-refractivity contribution >= 4 is 11.9 Å². The van der Waals surface area contributed by atoms with Crippen LogP contribution in [0, 0.1) is 5.92 Å². The lowest BCUT2D eigenvalue weighted by atomic mass is 10.0. The Hall–Kier alpha value is -2.04. The summed E-state index contributed by atoms with van der Waals surface area (Å²) in [4.78, 5) is 23.6. The molecule has 0 aliphatic carbocycles. The van der Waals surface area contributed by atoms with Crippen molar-refractivity contribution in [3.05, 3.63) is 29.8 Å². The first-order valence-corrected chi connectivity index (χ1v) is 6.49. The van der Waals surface area contributed by atoms with Crippen LogP contribution < -0.4 is 10.1 Å². The SMILES string of the molecule is COC(=O)[C@@H](Cc1ccccc1OC)NC(=O)C(C)C. The molecule has 1 rings (SSSR count). The molecule has 0 fully saturated rings. The van der Waals surface area contributed by atoms with E-state index >= 15 is 0 Å². The molecule has 1 atom stereocenters. The van der Waals surface area contributed by atoms with Gasteiger partial charge in [-0.05, 0) is 11.6 Å². The van der Waals surface area contributed by atoms with Crippen molar-refractivity contribution in [3.8, 4) is 5.75 Å². The van der Waals surface area contributed by atoms with E-state index in [9.17, 15) is 9.59 Å². The first-order chi connectivity index (χ1) is 9.49. The molecule has 20 heavy (non-hydrogen) atoms. The Labute approximate surface area is 119 Å². The van der Waals surface area contributed by atoms with E-state index in [4.69, 9.17) is 9.47 Å². The highest BCUT2D eigenvalue weighted by molar-refractivity contribution is 5.85. The van der Waals surface area contributed by atoms with Gasteiger partial charge in [0.2, 0.25) is 5.91 Å². The van der Waals surface area contributed by atoms with Crippen molar-refractivity contribution in [2.45, 2.75) is 26.3 Å². The van der Waals surface area contributed by atoms with E-state index in [0.717, 1.165) is 5.56 Å². The first kappa shape index (κ1) is 16.0. The maximum Gasteiger partial charge on any atom is 0.328 e. The number of amides is 1. The Balaban J connectivity index is 2.89. The van der Waals surface area contributed by atoms with Crippen LogP contribution in [0.3, 0.4) is 0 Å². The summed E-state index contributed by atoms with van der Waals surface area (Å²) in [6.45, 7) is 3.54. The van der Waals surface area contributed by atoms with Crippen LogP contribution in [0.5, 0.6) is 5.75 Å². The normalized spacial score (nSPS) is 11.8. The number of hydrogen-bond donors (Lipinski definition) is 1. The molecule has 110 valence electrons. The van der Waals surface area contributed by atoms with Gasteiger partial charge in [-0.3, -0.25) is 4.79 Å². The van der Waals surface area contributed by atoms with Gasteiger partial charge in [-0.25, -0.2) is 4.79 Å². The molecule has 5 nitrogen and oxygen atoms in total. The van der Waals surface area contributed by atoms with Crippen LogP contribution in [0.4, 0.5) is 0 Å². The number of nitrogens with one attached hydrogen (secondary N) is 1. The monoisotopic (exact) mass is 279 g/mol. The molecule has 0 aliphatic heterocycles. The summed E-state index contributed by atoms with van der Waals surface area (Å²) < 4.78 is 9.99. The highest BCUT2D eigenvalue weighted by Gasteiger charge is 2.24. The molecule has 1 amide bonds. The molecular weight excluding hydrogens is 258 g/mol. The zero-order chi connectivity index (χ0) is 15.1. The number of carbonyl (C=O) groups is 2. The van der Waals surface area contributed by atoms with E-state index in [2.05, 4.69) is 5.32 Å². The second-order valence-corrected chi connectivity index (χ2v) is 4.76. The molecule has 0 radical (unpaired) electrons. The van der Waals surface area contributed by atoms with Gasteiger partial charge in [-0.2, -0.15) is 0 Å². The smallest absolute Gasteiger partial charge is 0.328 e. The lowest BCUT2D eigenvalue weighted by molar-refractivity contribution is -0.145. The zero-order valence-corrected chi connectivity index (χ0v) is 12.3. The Bertz CT molecular complexity index is 471. The van der Waals surface area contributed by atoms with E-state index < -0.39 is 12.0 Å². The first-order valence-electron chi connectivity index (χ1n) is 6.49. The number of ether oxygens (including phenoxy) is 2.